The van der Waals surface area contributed by atoms with E-state index in [-0.39, 0.29) is 0 Å². The van der Waals surface area contributed by atoms with Gasteiger partial charge in [-0.05, 0) is 44.5 Å². The van der Waals surface area contributed by atoms with E-state index in [1.807, 2.05) is 4.68 Å². The van der Waals surface area contributed by atoms with Crippen molar-refractivity contribution in [3.63, 3.8) is 0 Å². The number of hydrogen-bond donors (Lipinski definition) is 1. The van der Waals surface area contributed by atoms with Gasteiger partial charge in [-0.15, -0.1) is 0 Å². The van der Waals surface area contributed by atoms with E-state index >= 15 is 0 Å². The number of rotatable bonds is 6. The SMILES string of the molecule is CCC(C)n1ccc(Cn2cccc2CCN)n1. The van der Waals surface area contributed by atoms with E-state index in [2.05, 4.69) is 54.1 Å². The molecule has 4 nitrogen and oxygen atoms in total. The smallest absolute Gasteiger partial charge is 0.0821 e. The minimum atomic E-state index is 0.465. The lowest BCUT2D eigenvalue weighted by atomic mass is 10.3. The van der Waals surface area contributed by atoms with E-state index in [1.165, 1.54) is 5.69 Å². The Labute approximate surface area is 108 Å². The highest BCUT2D eigenvalue weighted by atomic mass is 15.3. The van der Waals surface area contributed by atoms with Crippen LogP contribution in [0.1, 0.15) is 37.7 Å². The summed E-state index contributed by atoms with van der Waals surface area (Å²) in [6, 6.07) is 6.75. The second-order valence-corrected chi connectivity index (χ2v) is 4.71. The highest BCUT2D eigenvalue weighted by Crippen LogP contribution is 2.11. The molecule has 0 aromatic carbocycles. The maximum absolute atomic E-state index is 5.61. The largest absolute Gasteiger partial charge is 0.345 e. The fourth-order valence-electron chi connectivity index (χ4n) is 2.05. The molecule has 18 heavy (non-hydrogen) atoms. The Kier molecular flexibility index (Phi) is 4.20. The third-order valence-corrected chi connectivity index (χ3v) is 3.36. The molecule has 2 aromatic rings. The lowest BCUT2D eigenvalue weighted by Gasteiger charge is -2.09. The average molecular weight is 246 g/mol. The zero-order chi connectivity index (χ0) is 13.0. The summed E-state index contributed by atoms with van der Waals surface area (Å²) in [5.41, 5.74) is 7.99. The minimum Gasteiger partial charge on any atom is -0.345 e. The minimum absolute atomic E-state index is 0.465. The summed E-state index contributed by atoms with van der Waals surface area (Å²) < 4.78 is 4.26. The molecule has 0 bridgehead atoms. The first-order chi connectivity index (χ1) is 8.74. The molecule has 2 aromatic heterocycles. The van der Waals surface area contributed by atoms with Crippen LogP contribution in [0, 0.1) is 0 Å². The molecular formula is C14H22N4. The van der Waals surface area contributed by atoms with Gasteiger partial charge in [-0.3, -0.25) is 4.68 Å². The zero-order valence-corrected chi connectivity index (χ0v) is 11.2. The van der Waals surface area contributed by atoms with Crippen LogP contribution in [0.25, 0.3) is 0 Å². The quantitative estimate of drug-likeness (QED) is 0.849. The van der Waals surface area contributed by atoms with Crippen LogP contribution in [0.2, 0.25) is 0 Å². The van der Waals surface area contributed by atoms with Crippen molar-refractivity contribution < 1.29 is 0 Å². The van der Waals surface area contributed by atoms with Crippen molar-refractivity contribution >= 4 is 0 Å². The third-order valence-electron chi connectivity index (χ3n) is 3.36. The number of hydrogen-bond acceptors (Lipinski definition) is 2. The maximum Gasteiger partial charge on any atom is 0.0821 e. The summed E-state index contributed by atoms with van der Waals surface area (Å²) in [7, 11) is 0. The topological polar surface area (TPSA) is 48.8 Å². The molecule has 2 rings (SSSR count). The molecule has 0 aliphatic rings. The van der Waals surface area contributed by atoms with Crippen molar-refractivity contribution in [3.8, 4) is 0 Å². The normalized spacial score (nSPS) is 12.8. The first-order valence-electron chi connectivity index (χ1n) is 6.62. The third kappa shape index (κ3) is 2.82. The fourth-order valence-corrected chi connectivity index (χ4v) is 2.05. The van der Waals surface area contributed by atoms with Crippen LogP contribution in [0.5, 0.6) is 0 Å². The number of nitrogens with zero attached hydrogens (tertiary/aromatic N) is 3. The van der Waals surface area contributed by atoms with Crippen molar-refractivity contribution in [1.82, 2.24) is 14.3 Å². The van der Waals surface area contributed by atoms with E-state index in [1.54, 1.807) is 0 Å². The van der Waals surface area contributed by atoms with Gasteiger partial charge in [-0.25, -0.2) is 0 Å². The van der Waals surface area contributed by atoms with E-state index in [4.69, 9.17) is 5.73 Å². The molecule has 0 radical (unpaired) electrons. The Bertz CT molecular complexity index is 483. The van der Waals surface area contributed by atoms with Crippen LogP contribution in [-0.4, -0.2) is 20.9 Å². The Hall–Kier alpha value is -1.55. The van der Waals surface area contributed by atoms with E-state index in [0.717, 1.165) is 25.1 Å². The molecule has 1 unspecified atom stereocenters. The lowest BCUT2D eigenvalue weighted by Crippen LogP contribution is -2.10. The van der Waals surface area contributed by atoms with Gasteiger partial charge in [-0.2, -0.15) is 5.10 Å². The van der Waals surface area contributed by atoms with E-state index < -0.39 is 0 Å². The van der Waals surface area contributed by atoms with E-state index in [9.17, 15) is 0 Å². The molecule has 2 heterocycles. The van der Waals surface area contributed by atoms with Crippen molar-refractivity contribution in [2.75, 3.05) is 6.54 Å². The van der Waals surface area contributed by atoms with Gasteiger partial charge in [-0.1, -0.05) is 6.92 Å². The summed E-state index contributed by atoms with van der Waals surface area (Å²) in [6.07, 6.45) is 6.17. The summed E-state index contributed by atoms with van der Waals surface area (Å²) in [5, 5.41) is 4.62. The predicted octanol–water partition coefficient (Wildman–Crippen LogP) is 2.21. The zero-order valence-electron chi connectivity index (χ0n) is 11.2. The van der Waals surface area contributed by atoms with Gasteiger partial charge in [0.2, 0.25) is 0 Å². The summed E-state index contributed by atoms with van der Waals surface area (Å²) in [6.45, 7) is 5.88. The summed E-state index contributed by atoms with van der Waals surface area (Å²) in [4.78, 5) is 0. The molecule has 1 atom stereocenters. The maximum atomic E-state index is 5.61. The second kappa shape index (κ2) is 5.87. The van der Waals surface area contributed by atoms with Crippen LogP contribution in [0.3, 0.4) is 0 Å². The molecule has 0 saturated carbocycles. The van der Waals surface area contributed by atoms with Crippen molar-refractivity contribution in [3.05, 3.63) is 42.0 Å². The van der Waals surface area contributed by atoms with Crippen molar-refractivity contribution in [1.29, 1.82) is 0 Å². The van der Waals surface area contributed by atoms with Crippen LogP contribution < -0.4 is 5.73 Å². The van der Waals surface area contributed by atoms with Crippen LogP contribution in [0.4, 0.5) is 0 Å². The standard InChI is InChI=1S/C14H22N4/c1-3-12(2)18-10-7-13(16-18)11-17-9-4-5-14(17)6-8-15/h4-5,7,9-10,12H,3,6,8,11,15H2,1-2H3. The molecule has 98 valence electrons. The van der Waals surface area contributed by atoms with Gasteiger partial charge in [0.1, 0.15) is 0 Å². The highest BCUT2D eigenvalue weighted by molar-refractivity contribution is 5.11. The Morgan fingerprint density at radius 3 is 2.89 bits per heavy atom. The van der Waals surface area contributed by atoms with E-state index in [0.29, 0.717) is 12.6 Å². The highest BCUT2D eigenvalue weighted by Gasteiger charge is 2.06. The van der Waals surface area contributed by atoms with Gasteiger partial charge in [0, 0.05) is 24.1 Å². The second-order valence-electron chi connectivity index (χ2n) is 4.71. The van der Waals surface area contributed by atoms with Gasteiger partial charge in [0.15, 0.2) is 0 Å². The number of nitrogens with two attached hydrogens (primary N) is 1. The Balaban J connectivity index is 2.09. The molecule has 0 aliphatic carbocycles. The average Bonchev–Trinajstić information content (AvgIpc) is 3.00. The van der Waals surface area contributed by atoms with Gasteiger partial charge in [0.05, 0.1) is 12.2 Å². The first kappa shape index (κ1) is 12.9. The monoisotopic (exact) mass is 246 g/mol. The first-order valence-corrected chi connectivity index (χ1v) is 6.62. The summed E-state index contributed by atoms with van der Waals surface area (Å²) in [5.74, 6) is 0. The Morgan fingerprint density at radius 2 is 2.17 bits per heavy atom. The molecule has 4 heteroatoms. The Morgan fingerprint density at radius 1 is 1.33 bits per heavy atom. The van der Waals surface area contributed by atoms with Gasteiger partial charge >= 0.3 is 0 Å². The molecule has 0 amide bonds. The lowest BCUT2D eigenvalue weighted by molar-refractivity contribution is 0.472. The molecule has 0 aliphatic heterocycles. The summed E-state index contributed by atoms with van der Waals surface area (Å²) >= 11 is 0. The number of aromatic nitrogens is 3. The van der Waals surface area contributed by atoms with Gasteiger partial charge < -0.3 is 10.3 Å². The molecular weight excluding hydrogens is 224 g/mol. The van der Waals surface area contributed by atoms with Crippen LogP contribution >= 0.6 is 0 Å². The predicted molar refractivity (Wildman–Crippen MR) is 73.5 cm³/mol. The molecule has 0 fully saturated rings. The van der Waals surface area contributed by atoms with Crippen molar-refractivity contribution in [2.24, 2.45) is 5.73 Å². The molecule has 0 saturated heterocycles. The molecule has 2 N–H and O–H groups in total. The van der Waals surface area contributed by atoms with Gasteiger partial charge in [0.25, 0.3) is 0 Å². The molecule has 0 spiro atoms. The van der Waals surface area contributed by atoms with Crippen molar-refractivity contribution in [2.45, 2.75) is 39.3 Å². The van der Waals surface area contributed by atoms with Crippen LogP contribution in [0.15, 0.2) is 30.6 Å². The van der Waals surface area contributed by atoms with Crippen LogP contribution in [-0.2, 0) is 13.0 Å². The fraction of sp³-hybridized carbons (Fsp3) is 0.500.